The van der Waals surface area contributed by atoms with Crippen LogP contribution in [0.25, 0.3) is 0 Å². The van der Waals surface area contributed by atoms with E-state index < -0.39 is 10.0 Å². The average molecular weight is 319 g/mol. The highest BCUT2D eigenvalue weighted by atomic mass is 32.2. The Hall–Kier alpha value is -1.66. The summed E-state index contributed by atoms with van der Waals surface area (Å²) >= 11 is 0. The molecule has 2 heterocycles. The van der Waals surface area contributed by atoms with Gasteiger partial charge in [-0.15, -0.1) is 0 Å². The van der Waals surface area contributed by atoms with Crippen molar-refractivity contribution in [3.05, 3.63) is 47.3 Å². The zero-order valence-electron chi connectivity index (χ0n) is 13.1. The van der Waals surface area contributed by atoms with Crippen molar-refractivity contribution in [1.29, 1.82) is 0 Å². The van der Waals surface area contributed by atoms with Gasteiger partial charge in [-0.1, -0.05) is 30.3 Å². The van der Waals surface area contributed by atoms with Gasteiger partial charge in [0.1, 0.15) is 4.90 Å². The fourth-order valence-electron chi connectivity index (χ4n) is 3.34. The summed E-state index contributed by atoms with van der Waals surface area (Å²) in [5.41, 5.74) is 2.34. The molecule has 1 N–H and O–H groups in total. The van der Waals surface area contributed by atoms with E-state index in [9.17, 15) is 8.42 Å². The molecular weight excluding hydrogens is 298 g/mol. The maximum absolute atomic E-state index is 13.0. The number of hydrogen-bond acceptors (Lipinski definition) is 3. The maximum atomic E-state index is 13.0. The molecule has 0 aliphatic carbocycles. The first-order chi connectivity index (χ1) is 10.4. The molecule has 3 rings (SSSR count). The first kappa shape index (κ1) is 15.2. The molecule has 1 saturated heterocycles. The third-order valence-corrected chi connectivity index (χ3v) is 6.66. The van der Waals surface area contributed by atoms with Crippen LogP contribution in [0.2, 0.25) is 0 Å². The smallest absolute Gasteiger partial charge is 0.246 e. The van der Waals surface area contributed by atoms with Crippen molar-refractivity contribution < 1.29 is 8.42 Å². The first-order valence-corrected chi connectivity index (χ1v) is 8.93. The second-order valence-corrected chi connectivity index (χ2v) is 7.86. The van der Waals surface area contributed by atoms with Crippen molar-refractivity contribution in [1.82, 2.24) is 14.5 Å². The molecule has 1 aliphatic heterocycles. The molecule has 0 spiro atoms. The number of aromatic amines is 1. The third-order valence-electron chi connectivity index (χ3n) is 4.42. The quantitative estimate of drug-likeness (QED) is 0.945. The number of H-pyrrole nitrogens is 1. The van der Waals surface area contributed by atoms with Crippen LogP contribution < -0.4 is 0 Å². The van der Waals surface area contributed by atoms with Gasteiger partial charge in [-0.2, -0.15) is 9.40 Å². The molecule has 2 aromatic rings. The van der Waals surface area contributed by atoms with Crippen LogP contribution in [0.4, 0.5) is 0 Å². The highest BCUT2D eigenvalue weighted by molar-refractivity contribution is 7.89. The van der Waals surface area contributed by atoms with Crippen LogP contribution in [0.1, 0.15) is 36.2 Å². The van der Waals surface area contributed by atoms with Gasteiger partial charge in [0, 0.05) is 12.6 Å². The van der Waals surface area contributed by atoms with Gasteiger partial charge >= 0.3 is 0 Å². The zero-order valence-corrected chi connectivity index (χ0v) is 13.9. The number of aromatic nitrogens is 2. The standard InChI is InChI=1S/C16H21N3O2S/c1-11-9-15(14-7-5-4-6-8-14)10-19(11)22(20,21)16-12(2)17-18-13(16)3/h4-8,11,15H,9-10H2,1-3H3,(H,17,18). The van der Waals surface area contributed by atoms with E-state index in [2.05, 4.69) is 22.3 Å². The lowest BCUT2D eigenvalue weighted by Crippen LogP contribution is -2.34. The predicted molar refractivity (Wildman–Crippen MR) is 85.2 cm³/mol. The van der Waals surface area contributed by atoms with Crippen LogP contribution in [0, 0.1) is 13.8 Å². The predicted octanol–water partition coefficient (Wildman–Crippen LogP) is 2.59. The lowest BCUT2D eigenvalue weighted by Gasteiger charge is -2.21. The average Bonchev–Trinajstić information content (AvgIpc) is 3.03. The van der Waals surface area contributed by atoms with Crippen LogP contribution >= 0.6 is 0 Å². The molecule has 118 valence electrons. The van der Waals surface area contributed by atoms with Gasteiger partial charge < -0.3 is 0 Å². The Kier molecular flexibility index (Phi) is 3.82. The number of benzene rings is 1. The molecule has 0 amide bonds. The summed E-state index contributed by atoms with van der Waals surface area (Å²) in [5.74, 6) is 0.249. The lowest BCUT2D eigenvalue weighted by molar-refractivity contribution is 0.407. The Morgan fingerprint density at radius 2 is 1.91 bits per heavy atom. The molecule has 1 aromatic carbocycles. The van der Waals surface area contributed by atoms with E-state index in [1.54, 1.807) is 18.2 Å². The van der Waals surface area contributed by atoms with Crippen molar-refractivity contribution >= 4 is 10.0 Å². The lowest BCUT2D eigenvalue weighted by atomic mass is 9.97. The second-order valence-electron chi connectivity index (χ2n) is 6.03. The van der Waals surface area contributed by atoms with Crippen molar-refractivity contribution in [2.45, 2.75) is 44.0 Å². The SMILES string of the molecule is Cc1n[nH]c(C)c1S(=O)(=O)N1CC(c2ccccc2)CC1C. The highest BCUT2D eigenvalue weighted by Crippen LogP contribution is 2.36. The zero-order chi connectivity index (χ0) is 15.9. The van der Waals surface area contributed by atoms with Crippen molar-refractivity contribution in [3.63, 3.8) is 0 Å². The molecule has 0 saturated carbocycles. The fourth-order valence-corrected chi connectivity index (χ4v) is 5.36. The number of aryl methyl sites for hydroxylation is 2. The Bertz CT molecular complexity index is 748. The van der Waals surface area contributed by atoms with Gasteiger partial charge in [0.05, 0.1) is 11.4 Å². The Morgan fingerprint density at radius 1 is 1.23 bits per heavy atom. The molecule has 0 radical (unpaired) electrons. The van der Waals surface area contributed by atoms with Crippen molar-refractivity contribution in [2.24, 2.45) is 0 Å². The van der Waals surface area contributed by atoms with Gasteiger partial charge in [-0.05, 0) is 38.7 Å². The summed E-state index contributed by atoms with van der Waals surface area (Å²) in [4.78, 5) is 0.327. The van der Waals surface area contributed by atoms with Crippen LogP contribution in [0.5, 0.6) is 0 Å². The van der Waals surface area contributed by atoms with Gasteiger partial charge in [0.25, 0.3) is 0 Å². The van der Waals surface area contributed by atoms with E-state index in [4.69, 9.17) is 0 Å². The number of sulfonamides is 1. The molecule has 1 fully saturated rings. The largest absolute Gasteiger partial charge is 0.281 e. The molecule has 0 bridgehead atoms. The molecule has 6 heteroatoms. The van der Waals surface area contributed by atoms with E-state index in [1.807, 2.05) is 25.1 Å². The third kappa shape index (κ3) is 2.46. The maximum Gasteiger partial charge on any atom is 0.246 e. The van der Waals surface area contributed by atoms with E-state index in [0.717, 1.165) is 6.42 Å². The number of hydrogen-bond donors (Lipinski definition) is 1. The first-order valence-electron chi connectivity index (χ1n) is 7.49. The summed E-state index contributed by atoms with van der Waals surface area (Å²) in [7, 11) is -3.51. The number of rotatable bonds is 3. The van der Waals surface area contributed by atoms with E-state index in [1.165, 1.54) is 5.56 Å². The topological polar surface area (TPSA) is 66.1 Å². The number of nitrogens with zero attached hydrogens (tertiary/aromatic N) is 2. The van der Waals surface area contributed by atoms with Gasteiger partial charge in [-0.25, -0.2) is 8.42 Å². The van der Waals surface area contributed by atoms with Crippen LogP contribution in [-0.2, 0) is 10.0 Å². The Labute approximate surface area is 131 Å². The summed E-state index contributed by atoms with van der Waals surface area (Å²) in [5, 5.41) is 6.79. The van der Waals surface area contributed by atoms with E-state index >= 15 is 0 Å². The Balaban J connectivity index is 1.93. The fraction of sp³-hybridized carbons (Fsp3) is 0.438. The van der Waals surface area contributed by atoms with Crippen LogP contribution in [0.3, 0.4) is 0 Å². The summed E-state index contributed by atoms with van der Waals surface area (Å²) in [6.07, 6.45) is 0.846. The van der Waals surface area contributed by atoms with Gasteiger partial charge in [0.2, 0.25) is 10.0 Å². The molecule has 22 heavy (non-hydrogen) atoms. The van der Waals surface area contributed by atoms with Crippen molar-refractivity contribution in [3.8, 4) is 0 Å². The van der Waals surface area contributed by atoms with E-state index in [-0.39, 0.29) is 12.0 Å². The van der Waals surface area contributed by atoms with E-state index in [0.29, 0.717) is 22.8 Å². The molecule has 2 atom stereocenters. The minimum absolute atomic E-state index is 0.0103. The number of nitrogens with one attached hydrogen (secondary N) is 1. The molecule has 5 nitrogen and oxygen atoms in total. The van der Waals surface area contributed by atoms with Crippen molar-refractivity contribution in [2.75, 3.05) is 6.54 Å². The summed E-state index contributed by atoms with van der Waals surface area (Å²) in [6.45, 7) is 5.98. The van der Waals surface area contributed by atoms with Gasteiger partial charge in [0.15, 0.2) is 0 Å². The summed E-state index contributed by atoms with van der Waals surface area (Å²) in [6, 6.07) is 10.1. The molecule has 1 aromatic heterocycles. The minimum Gasteiger partial charge on any atom is -0.281 e. The van der Waals surface area contributed by atoms with Crippen LogP contribution in [-0.4, -0.2) is 35.5 Å². The summed E-state index contributed by atoms with van der Waals surface area (Å²) < 4.78 is 27.6. The normalized spacial score (nSPS) is 23.0. The van der Waals surface area contributed by atoms with Gasteiger partial charge in [-0.3, -0.25) is 5.10 Å². The Morgan fingerprint density at radius 3 is 2.50 bits per heavy atom. The molecular formula is C16H21N3O2S. The molecule has 1 aliphatic rings. The monoisotopic (exact) mass is 319 g/mol. The van der Waals surface area contributed by atoms with Crippen LogP contribution in [0.15, 0.2) is 35.2 Å². The minimum atomic E-state index is -3.51. The molecule has 2 unspecified atom stereocenters. The highest BCUT2D eigenvalue weighted by Gasteiger charge is 2.40. The second kappa shape index (κ2) is 5.52.